The van der Waals surface area contributed by atoms with Crippen molar-refractivity contribution in [2.75, 3.05) is 31.2 Å². The van der Waals surface area contributed by atoms with E-state index in [1.807, 2.05) is 6.07 Å². The van der Waals surface area contributed by atoms with Crippen molar-refractivity contribution in [2.45, 2.75) is 18.9 Å². The van der Waals surface area contributed by atoms with Crippen LogP contribution in [0.4, 0.5) is 5.13 Å². The van der Waals surface area contributed by atoms with Crippen molar-refractivity contribution in [1.29, 1.82) is 5.26 Å². The Balaban J connectivity index is 1.56. The minimum absolute atomic E-state index is 0.0385. The van der Waals surface area contributed by atoms with Gasteiger partial charge >= 0.3 is 0 Å². The molecule has 4 rings (SSSR count). The molecule has 2 aliphatic heterocycles. The number of aromatic nitrogens is 2. The van der Waals surface area contributed by atoms with Gasteiger partial charge in [0.1, 0.15) is 6.07 Å². The molecule has 25 heavy (non-hydrogen) atoms. The second-order valence-corrected chi connectivity index (χ2v) is 7.32. The summed E-state index contributed by atoms with van der Waals surface area (Å²) < 4.78 is 10.7. The first kappa shape index (κ1) is 16.1. The fourth-order valence-electron chi connectivity index (χ4n) is 3.62. The van der Waals surface area contributed by atoms with Crippen molar-refractivity contribution < 1.29 is 13.9 Å². The van der Waals surface area contributed by atoms with E-state index in [0.717, 1.165) is 24.5 Å². The van der Waals surface area contributed by atoms with Crippen LogP contribution < -0.4 is 10.2 Å². The molecule has 1 spiro atoms. The molecule has 2 aromatic rings. The van der Waals surface area contributed by atoms with Crippen molar-refractivity contribution in [2.24, 2.45) is 5.41 Å². The largest absolute Gasteiger partial charge is 0.459 e. The molecule has 2 fully saturated rings. The summed E-state index contributed by atoms with van der Waals surface area (Å²) in [4.78, 5) is 14.6. The first-order chi connectivity index (χ1) is 12.2. The molecule has 0 aliphatic carbocycles. The second-order valence-electron chi connectivity index (χ2n) is 6.36. The molecule has 1 N–H and O–H groups in total. The van der Waals surface area contributed by atoms with Crippen molar-refractivity contribution in [1.82, 2.24) is 15.5 Å². The number of ether oxygens (including phenoxy) is 1. The van der Waals surface area contributed by atoms with Crippen LogP contribution in [-0.2, 0) is 4.74 Å². The Morgan fingerprint density at radius 3 is 2.96 bits per heavy atom. The van der Waals surface area contributed by atoms with Gasteiger partial charge < -0.3 is 19.4 Å². The summed E-state index contributed by atoms with van der Waals surface area (Å²) in [5.74, 6) is 0.0982. The molecule has 4 heterocycles. The van der Waals surface area contributed by atoms with E-state index >= 15 is 0 Å². The SMILES string of the molecule is N#Cc1nnc(N2CC(NC(=O)c3ccco3)C3(CCOCC3)C2)s1. The van der Waals surface area contributed by atoms with Crippen LogP contribution >= 0.6 is 11.3 Å². The number of furan rings is 1. The Hall–Kier alpha value is -2.44. The zero-order valence-electron chi connectivity index (χ0n) is 13.5. The van der Waals surface area contributed by atoms with Gasteiger partial charge in [-0.25, -0.2) is 0 Å². The molecule has 9 heteroatoms. The molecule has 2 aromatic heterocycles. The number of rotatable bonds is 3. The van der Waals surface area contributed by atoms with Crippen LogP contribution in [0.15, 0.2) is 22.8 Å². The molecule has 8 nitrogen and oxygen atoms in total. The summed E-state index contributed by atoms with van der Waals surface area (Å²) in [6, 6.07) is 5.34. The van der Waals surface area contributed by atoms with Crippen molar-refractivity contribution in [3.63, 3.8) is 0 Å². The van der Waals surface area contributed by atoms with Crippen LogP contribution in [0.2, 0.25) is 0 Å². The highest BCUT2D eigenvalue weighted by atomic mass is 32.1. The fraction of sp³-hybridized carbons (Fsp3) is 0.500. The summed E-state index contributed by atoms with van der Waals surface area (Å²) in [5.41, 5.74) is -0.0705. The number of amides is 1. The maximum atomic E-state index is 12.5. The monoisotopic (exact) mass is 359 g/mol. The van der Waals surface area contributed by atoms with Crippen LogP contribution in [0.1, 0.15) is 28.4 Å². The third-order valence-electron chi connectivity index (χ3n) is 4.97. The van der Waals surface area contributed by atoms with Gasteiger partial charge in [0.25, 0.3) is 5.91 Å². The van der Waals surface area contributed by atoms with E-state index in [0.29, 0.717) is 30.5 Å². The molecule has 1 unspecified atom stereocenters. The predicted molar refractivity (Wildman–Crippen MR) is 89.3 cm³/mol. The quantitative estimate of drug-likeness (QED) is 0.883. The maximum absolute atomic E-state index is 12.5. The summed E-state index contributed by atoms with van der Waals surface area (Å²) in [6.07, 6.45) is 3.23. The third-order valence-corrected chi connectivity index (χ3v) is 5.86. The molecule has 130 valence electrons. The number of nitriles is 1. The molecule has 0 aromatic carbocycles. The van der Waals surface area contributed by atoms with Gasteiger partial charge in [-0.1, -0.05) is 11.3 Å². The molecular formula is C16H17N5O3S. The van der Waals surface area contributed by atoms with E-state index < -0.39 is 0 Å². The average Bonchev–Trinajstić information content (AvgIpc) is 3.36. The van der Waals surface area contributed by atoms with Crippen LogP contribution in [0, 0.1) is 16.7 Å². The van der Waals surface area contributed by atoms with Crippen LogP contribution in [0.3, 0.4) is 0 Å². The summed E-state index contributed by atoms with van der Waals surface area (Å²) in [5, 5.41) is 21.2. The lowest BCUT2D eigenvalue weighted by molar-refractivity contribution is 0.0124. The minimum atomic E-state index is -0.210. The van der Waals surface area contributed by atoms with Gasteiger partial charge in [-0.2, -0.15) is 5.26 Å². The van der Waals surface area contributed by atoms with E-state index in [9.17, 15) is 4.79 Å². The van der Waals surface area contributed by atoms with E-state index in [4.69, 9.17) is 14.4 Å². The molecule has 0 radical (unpaired) electrons. The van der Waals surface area contributed by atoms with Gasteiger partial charge in [0, 0.05) is 31.7 Å². The highest BCUT2D eigenvalue weighted by molar-refractivity contribution is 7.15. The molecule has 2 aliphatic rings. The summed E-state index contributed by atoms with van der Waals surface area (Å²) in [6.45, 7) is 2.76. The number of carbonyl (C=O) groups excluding carboxylic acids is 1. The fourth-order valence-corrected chi connectivity index (χ4v) is 4.27. The predicted octanol–water partition coefficient (Wildman–Crippen LogP) is 1.42. The average molecular weight is 359 g/mol. The van der Waals surface area contributed by atoms with E-state index in [1.165, 1.54) is 17.6 Å². The Kier molecular flexibility index (Phi) is 4.15. The zero-order valence-corrected chi connectivity index (χ0v) is 14.3. The van der Waals surface area contributed by atoms with Crippen LogP contribution in [0.25, 0.3) is 0 Å². The van der Waals surface area contributed by atoms with E-state index in [-0.39, 0.29) is 17.4 Å². The molecule has 0 bridgehead atoms. The number of hydrogen-bond acceptors (Lipinski definition) is 8. The van der Waals surface area contributed by atoms with Crippen LogP contribution in [0.5, 0.6) is 0 Å². The lowest BCUT2D eigenvalue weighted by atomic mass is 9.76. The van der Waals surface area contributed by atoms with Crippen molar-refractivity contribution in [3.05, 3.63) is 29.2 Å². The molecular weight excluding hydrogens is 342 g/mol. The zero-order chi connectivity index (χ0) is 17.3. The van der Waals surface area contributed by atoms with Gasteiger partial charge in [-0.15, -0.1) is 10.2 Å². The highest BCUT2D eigenvalue weighted by Crippen LogP contribution is 2.42. The smallest absolute Gasteiger partial charge is 0.287 e. The summed E-state index contributed by atoms with van der Waals surface area (Å²) in [7, 11) is 0. The molecule has 1 amide bonds. The normalized spacial score (nSPS) is 22.0. The van der Waals surface area contributed by atoms with E-state index in [2.05, 4.69) is 20.4 Å². The third kappa shape index (κ3) is 2.99. The van der Waals surface area contributed by atoms with Crippen LogP contribution in [-0.4, -0.2) is 48.4 Å². The Morgan fingerprint density at radius 2 is 2.28 bits per heavy atom. The Labute approximate surface area is 148 Å². The second kappa shape index (κ2) is 6.46. The lowest BCUT2D eigenvalue weighted by Crippen LogP contribution is -2.49. The number of hydrogen-bond donors (Lipinski definition) is 1. The standard InChI is InChI=1S/C16H17N5O3S/c17-8-13-19-20-15(25-13)21-9-12(16(10-21)3-6-23-7-4-16)18-14(22)11-2-1-5-24-11/h1-2,5,12H,3-4,6-7,9-10H2,(H,18,22). The number of nitrogens with zero attached hydrogens (tertiary/aromatic N) is 4. The highest BCUT2D eigenvalue weighted by Gasteiger charge is 2.49. The van der Waals surface area contributed by atoms with Crippen molar-refractivity contribution >= 4 is 22.4 Å². The number of carbonyl (C=O) groups is 1. The summed E-state index contributed by atoms with van der Waals surface area (Å²) >= 11 is 1.28. The van der Waals surface area contributed by atoms with Gasteiger partial charge in [0.15, 0.2) is 5.76 Å². The molecule has 1 atom stereocenters. The minimum Gasteiger partial charge on any atom is -0.459 e. The maximum Gasteiger partial charge on any atom is 0.287 e. The number of nitrogens with one attached hydrogen (secondary N) is 1. The Bertz CT molecular complexity index is 791. The molecule has 2 saturated heterocycles. The first-order valence-corrected chi connectivity index (χ1v) is 8.92. The molecule has 0 saturated carbocycles. The van der Waals surface area contributed by atoms with Gasteiger partial charge in [-0.3, -0.25) is 4.79 Å². The van der Waals surface area contributed by atoms with Gasteiger partial charge in [0.2, 0.25) is 10.1 Å². The number of anilines is 1. The first-order valence-electron chi connectivity index (χ1n) is 8.11. The lowest BCUT2D eigenvalue weighted by Gasteiger charge is -2.37. The topological polar surface area (TPSA) is 104 Å². The van der Waals surface area contributed by atoms with Gasteiger partial charge in [-0.05, 0) is 25.0 Å². The Morgan fingerprint density at radius 1 is 1.44 bits per heavy atom. The van der Waals surface area contributed by atoms with E-state index in [1.54, 1.807) is 12.1 Å². The van der Waals surface area contributed by atoms with Crippen molar-refractivity contribution in [3.8, 4) is 6.07 Å². The van der Waals surface area contributed by atoms with Gasteiger partial charge in [0.05, 0.1) is 12.3 Å².